The fourth-order valence-corrected chi connectivity index (χ4v) is 2.01. The number of benzene rings is 1. The fraction of sp³-hybridized carbons (Fsp3) is 0.300. The summed E-state index contributed by atoms with van der Waals surface area (Å²) in [6.45, 7) is 1.13. The minimum atomic E-state index is 0. The summed E-state index contributed by atoms with van der Waals surface area (Å²) in [6.07, 6.45) is 4.42. The van der Waals surface area contributed by atoms with Gasteiger partial charge in [-0.2, -0.15) is 0 Å². The summed E-state index contributed by atoms with van der Waals surface area (Å²) < 4.78 is 2.26. The van der Waals surface area contributed by atoms with Crippen molar-refractivity contribution < 1.29 is 0 Å². The predicted molar refractivity (Wildman–Crippen MR) is 53.1 cm³/mol. The summed E-state index contributed by atoms with van der Waals surface area (Å²) in [5.74, 6) is 0. The average molecular weight is 175 g/mol. The molecule has 0 fully saturated rings. The van der Waals surface area contributed by atoms with Crippen molar-refractivity contribution in [2.75, 3.05) is 0 Å². The Balaban J connectivity index is 0.000000653. The first-order chi connectivity index (χ1) is 5.95. The van der Waals surface area contributed by atoms with Crippen molar-refractivity contribution >= 4 is 11.0 Å². The zero-order valence-electron chi connectivity index (χ0n) is 7.53. The molecule has 0 atom stereocenters. The lowest BCUT2D eigenvalue weighted by Crippen LogP contribution is -2.05. The SMILES string of the molecule is N.c1cc2c3c(c1)ncn3CCC2. The van der Waals surface area contributed by atoms with E-state index in [-0.39, 0.29) is 6.15 Å². The molecule has 13 heavy (non-hydrogen) atoms. The minimum Gasteiger partial charge on any atom is -0.344 e. The highest BCUT2D eigenvalue weighted by atomic mass is 15.0. The molecule has 0 bridgehead atoms. The molecule has 0 unspecified atom stereocenters. The van der Waals surface area contributed by atoms with Gasteiger partial charge in [-0.1, -0.05) is 12.1 Å². The van der Waals surface area contributed by atoms with Crippen LogP contribution in [-0.4, -0.2) is 9.55 Å². The van der Waals surface area contributed by atoms with Gasteiger partial charge in [-0.05, 0) is 24.5 Å². The number of aryl methyl sites for hydroxylation is 2. The molecule has 0 aliphatic carbocycles. The van der Waals surface area contributed by atoms with Gasteiger partial charge in [0, 0.05) is 6.54 Å². The smallest absolute Gasteiger partial charge is 0.0958 e. The first kappa shape index (κ1) is 8.26. The van der Waals surface area contributed by atoms with Gasteiger partial charge < -0.3 is 10.7 Å². The fourth-order valence-electron chi connectivity index (χ4n) is 2.01. The lowest BCUT2D eigenvalue weighted by molar-refractivity contribution is 0.632. The van der Waals surface area contributed by atoms with Crippen LogP contribution in [0.15, 0.2) is 24.5 Å². The van der Waals surface area contributed by atoms with Crippen LogP contribution in [-0.2, 0) is 13.0 Å². The Morgan fingerprint density at radius 3 is 3.15 bits per heavy atom. The van der Waals surface area contributed by atoms with Gasteiger partial charge in [-0.15, -0.1) is 0 Å². The maximum atomic E-state index is 4.35. The topological polar surface area (TPSA) is 52.8 Å². The van der Waals surface area contributed by atoms with Gasteiger partial charge in [-0.3, -0.25) is 0 Å². The van der Waals surface area contributed by atoms with E-state index in [1.165, 1.54) is 23.9 Å². The highest BCUT2D eigenvalue weighted by Crippen LogP contribution is 2.23. The molecule has 1 aliphatic rings. The van der Waals surface area contributed by atoms with Crippen LogP contribution in [0.5, 0.6) is 0 Å². The molecule has 3 nitrogen and oxygen atoms in total. The van der Waals surface area contributed by atoms with Gasteiger partial charge in [0.1, 0.15) is 0 Å². The molecule has 3 heteroatoms. The Bertz CT molecular complexity index is 431. The van der Waals surface area contributed by atoms with E-state index in [2.05, 4.69) is 27.8 Å². The monoisotopic (exact) mass is 175 g/mol. The van der Waals surface area contributed by atoms with E-state index < -0.39 is 0 Å². The van der Waals surface area contributed by atoms with Crippen LogP contribution in [0.25, 0.3) is 11.0 Å². The molecule has 0 amide bonds. The van der Waals surface area contributed by atoms with E-state index in [0.29, 0.717) is 0 Å². The van der Waals surface area contributed by atoms with E-state index in [4.69, 9.17) is 0 Å². The van der Waals surface area contributed by atoms with Crippen molar-refractivity contribution in [3.05, 3.63) is 30.1 Å². The van der Waals surface area contributed by atoms with Gasteiger partial charge in [0.15, 0.2) is 0 Å². The van der Waals surface area contributed by atoms with Crippen LogP contribution in [0.2, 0.25) is 0 Å². The van der Waals surface area contributed by atoms with Crippen LogP contribution in [0.3, 0.4) is 0 Å². The summed E-state index contributed by atoms with van der Waals surface area (Å²) >= 11 is 0. The van der Waals surface area contributed by atoms with Crippen LogP contribution in [0, 0.1) is 0 Å². The van der Waals surface area contributed by atoms with E-state index in [1.807, 2.05) is 6.33 Å². The van der Waals surface area contributed by atoms with Crippen LogP contribution in [0.1, 0.15) is 12.0 Å². The van der Waals surface area contributed by atoms with Gasteiger partial charge in [-0.25, -0.2) is 4.98 Å². The highest BCUT2D eigenvalue weighted by Gasteiger charge is 2.11. The molecule has 1 aliphatic heterocycles. The second kappa shape index (κ2) is 2.85. The van der Waals surface area contributed by atoms with Crippen LogP contribution < -0.4 is 6.15 Å². The second-order valence-corrected chi connectivity index (χ2v) is 3.33. The zero-order valence-corrected chi connectivity index (χ0v) is 7.53. The Labute approximate surface area is 77.0 Å². The first-order valence-electron chi connectivity index (χ1n) is 4.38. The lowest BCUT2D eigenvalue weighted by atomic mass is 10.1. The van der Waals surface area contributed by atoms with Crippen LogP contribution in [0.4, 0.5) is 0 Å². The number of nitrogens with zero attached hydrogens (tertiary/aromatic N) is 2. The number of hydrogen-bond acceptors (Lipinski definition) is 2. The molecule has 1 aromatic carbocycles. The lowest BCUT2D eigenvalue weighted by Gasteiger charge is -2.13. The Morgan fingerprint density at radius 2 is 2.23 bits per heavy atom. The number of hydrogen-bond donors (Lipinski definition) is 1. The largest absolute Gasteiger partial charge is 0.344 e. The normalized spacial score (nSPS) is 14.2. The Hall–Kier alpha value is -1.35. The van der Waals surface area contributed by atoms with Crippen molar-refractivity contribution in [1.82, 2.24) is 15.7 Å². The molecule has 2 heterocycles. The van der Waals surface area contributed by atoms with E-state index in [1.54, 1.807) is 0 Å². The Morgan fingerprint density at radius 1 is 1.31 bits per heavy atom. The van der Waals surface area contributed by atoms with Crippen molar-refractivity contribution in [2.45, 2.75) is 19.4 Å². The zero-order chi connectivity index (χ0) is 7.97. The highest BCUT2D eigenvalue weighted by molar-refractivity contribution is 5.79. The van der Waals surface area contributed by atoms with Gasteiger partial charge in [0.05, 0.1) is 17.4 Å². The van der Waals surface area contributed by atoms with Gasteiger partial charge in [0.25, 0.3) is 0 Å². The standard InChI is InChI=1S/C10H10N2.H3N/c1-3-8-4-2-6-12-7-11-9(5-1)10(8)12;/h1,3,5,7H,2,4,6H2;1H3. The predicted octanol–water partition coefficient (Wildman–Crippen LogP) is 2.14. The molecule has 0 saturated carbocycles. The van der Waals surface area contributed by atoms with E-state index in [9.17, 15) is 0 Å². The number of aromatic nitrogens is 2. The van der Waals surface area contributed by atoms with E-state index >= 15 is 0 Å². The summed E-state index contributed by atoms with van der Waals surface area (Å²) in [6, 6.07) is 6.39. The third-order valence-corrected chi connectivity index (χ3v) is 2.57. The molecule has 3 rings (SSSR count). The molecule has 0 saturated heterocycles. The molecule has 68 valence electrons. The minimum absolute atomic E-state index is 0. The molecule has 0 radical (unpaired) electrons. The third-order valence-electron chi connectivity index (χ3n) is 2.57. The van der Waals surface area contributed by atoms with E-state index in [0.717, 1.165) is 12.1 Å². The summed E-state index contributed by atoms with van der Waals surface area (Å²) in [4.78, 5) is 4.35. The van der Waals surface area contributed by atoms with Crippen molar-refractivity contribution in [3.63, 3.8) is 0 Å². The maximum absolute atomic E-state index is 4.35. The molecular formula is C10H13N3. The van der Waals surface area contributed by atoms with Gasteiger partial charge in [0.2, 0.25) is 0 Å². The molecular weight excluding hydrogens is 162 g/mol. The second-order valence-electron chi connectivity index (χ2n) is 3.33. The maximum Gasteiger partial charge on any atom is 0.0958 e. The van der Waals surface area contributed by atoms with Crippen LogP contribution >= 0.6 is 0 Å². The van der Waals surface area contributed by atoms with Crippen molar-refractivity contribution in [1.29, 1.82) is 0 Å². The molecule has 0 spiro atoms. The molecule has 2 aromatic rings. The molecule has 1 aromatic heterocycles. The summed E-state index contributed by atoms with van der Waals surface area (Å²) in [5, 5.41) is 0. The number of rotatable bonds is 0. The summed E-state index contributed by atoms with van der Waals surface area (Å²) in [5.41, 5.74) is 3.95. The van der Waals surface area contributed by atoms with Gasteiger partial charge >= 0.3 is 0 Å². The Kier molecular flexibility index (Phi) is 1.81. The third kappa shape index (κ3) is 1.04. The number of para-hydroxylation sites is 1. The summed E-state index contributed by atoms with van der Waals surface area (Å²) in [7, 11) is 0. The molecule has 3 N–H and O–H groups in total. The van der Waals surface area contributed by atoms with Crippen molar-refractivity contribution in [3.8, 4) is 0 Å². The average Bonchev–Trinajstić information content (AvgIpc) is 2.52. The quantitative estimate of drug-likeness (QED) is 0.667. The number of imidazole rings is 1. The van der Waals surface area contributed by atoms with Crippen molar-refractivity contribution in [2.24, 2.45) is 0 Å². The first-order valence-corrected chi connectivity index (χ1v) is 4.38.